The minimum absolute atomic E-state index is 0.0742. The molecule has 7 nitrogen and oxygen atoms in total. The lowest BCUT2D eigenvalue weighted by Crippen LogP contribution is -2.09. The molecule has 0 aliphatic heterocycles. The van der Waals surface area contributed by atoms with E-state index in [1.54, 1.807) is 0 Å². The summed E-state index contributed by atoms with van der Waals surface area (Å²) in [6.45, 7) is -0.148. The number of methoxy groups -OCH3 is 3. The molecule has 0 aliphatic rings. The Morgan fingerprint density at radius 2 is 1.55 bits per heavy atom. The summed E-state index contributed by atoms with van der Waals surface area (Å²) in [4.78, 5) is 22.7. The molecule has 0 saturated heterocycles. The van der Waals surface area contributed by atoms with Gasteiger partial charge in [0.2, 0.25) is 0 Å². The molecule has 0 atom stereocenters. The van der Waals surface area contributed by atoms with Crippen molar-refractivity contribution in [2.75, 3.05) is 34.9 Å². The molecular formula is C13H16O7. The van der Waals surface area contributed by atoms with Gasteiger partial charge in [-0.15, -0.1) is 0 Å². The standard InChI is InChI=1S/C13H16O7/c1-16-7-19-11-4-9(13(15)18-3)5-12(10(11)6-14)20-8-17-2/h4-6H,7-8H2,1-3H3. The molecule has 20 heavy (non-hydrogen) atoms. The van der Waals surface area contributed by atoms with Gasteiger partial charge in [0.25, 0.3) is 0 Å². The summed E-state index contributed by atoms with van der Waals surface area (Å²) < 4.78 is 24.7. The summed E-state index contributed by atoms with van der Waals surface area (Å²) in [5, 5.41) is 0. The fourth-order valence-corrected chi connectivity index (χ4v) is 1.44. The Balaban J connectivity index is 3.23. The van der Waals surface area contributed by atoms with Gasteiger partial charge in [-0.05, 0) is 12.1 Å². The number of aldehydes is 1. The van der Waals surface area contributed by atoms with E-state index in [1.807, 2.05) is 0 Å². The largest absolute Gasteiger partial charge is 0.467 e. The third-order valence-electron chi connectivity index (χ3n) is 2.31. The first-order valence-corrected chi connectivity index (χ1v) is 5.63. The highest BCUT2D eigenvalue weighted by Crippen LogP contribution is 2.30. The Bertz CT molecular complexity index is 441. The maximum absolute atomic E-state index is 11.6. The van der Waals surface area contributed by atoms with Crippen molar-refractivity contribution in [3.63, 3.8) is 0 Å². The van der Waals surface area contributed by atoms with Crippen LogP contribution >= 0.6 is 0 Å². The van der Waals surface area contributed by atoms with E-state index in [9.17, 15) is 9.59 Å². The van der Waals surface area contributed by atoms with Crippen LogP contribution in [0.4, 0.5) is 0 Å². The number of benzene rings is 1. The van der Waals surface area contributed by atoms with Crippen LogP contribution in [0.2, 0.25) is 0 Å². The number of carbonyl (C=O) groups is 2. The van der Waals surface area contributed by atoms with Gasteiger partial charge in [-0.2, -0.15) is 0 Å². The second-order valence-electron chi connectivity index (χ2n) is 3.60. The molecule has 0 N–H and O–H groups in total. The first-order valence-electron chi connectivity index (χ1n) is 5.63. The molecule has 0 fully saturated rings. The molecule has 0 unspecified atom stereocenters. The van der Waals surface area contributed by atoms with Crippen molar-refractivity contribution < 1.29 is 33.3 Å². The predicted octanol–water partition coefficient (Wildman–Crippen LogP) is 1.25. The topological polar surface area (TPSA) is 80.3 Å². The maximum atomic E-state index is 11.6. The molecule has 0 amide bonds. The average molecular weight is 284 g/mol. The lowest BCUT2D eigenvalue weighted by molar-refractivity contribution is 0.0440. The third-order valence-corrected chi connectivity index (χ3v) is 2.31. The molecule has 110 valence electrons. The second-order valence-corrected chi connectivity index (χ2v) is 3.60. The fraction of sp³-hybridized carbons (Fsp3) is 0.385. The molecule has 0 aliphatic carbocycles. The number of hydrogen-bond acceptors (Lipinski definition) is 7. The minimum Gasteiger partial charge on any atom is -0.467 e. The summed E-state index contributed by atoms with van der Waals surface area (Å²) in [5.74, 6) is -0.251. The highest BCUT2D eigenvalue weighted by molar-refractivity contribution is 5.93. The molecule has 0 radical (unpaired) electrons. The fourth-order valence-electron chi connectivity index (χ4n) is 1.44. The van der Waals surface area contributed by atoms with Gasteiger partial charge in [-0.25, -0.2) is 4.79 Å². The van der Waals surface area contributed by atoms with Crippen LogP contribution in [0, 0.1) is 0 Å². The Labute approximate surface area is 116 Å². The molecule has 0 saturated carbocycles. The summed E-state index contributed by atoms with van der Waals surface area (Å²) in [6, 6.07) is 2.77. The zero-order valence-corrected chi connectivity index (χ0v) is 11.5. The van der Waals surface area contributed by atoms with Crippen molar-refractivity contribution in [2.24, 2.45) is 0 Å². The van der Waals surface area contributed by atoms with Crippen molar-refractivity contribution in [3.8, 4) is 11.5 Å². The summed E-state index contributed by atoms with van der Waals surface area (Å²) in [5.41, 5.74) is 0.349. The Hall–Kier alpha value is -2.12. The van der Waals surface area contributed by atoms with E-state index < -0.39 is 5.97 Å². The number of ether oxygens (including phenoxy) is 5. The van der Waals surface area contributed by atoms with Crippen molar-refractivity contribution in [1.29, 1.82) is 0 Å². The summed E-state index contributed by atoms with van der Waals surface area (Å²) in [7, 11) is 4.13. The van der Waals surface area contributed by atoms with E-state index in [2.05, 4.69) is 4.74 Å². The smallest absolute Gasteiger partial charge is 0.338 e. The van der Waals surface area contributed by atoms with Gasteiger partial charge < -0.3 is 23.7 Å². The molecule has 0 aromatic heterocycles. The van der Waals surface area contributed by atoms with Crippen LogP contribution in [0.3, 0.4) is 0 Å². The zero-order valence-electron chi connectivity index (χ0n) is 11.5. The Morgan fingerprint density at radius 1 is 1.05 bits per heavy atom. The first kappa shape index (κ1) is 15.9. The Morgan fingerprint density at radius 3 is 1.90 bits per heavy atom. The minimum atomic E-state index is -0.577. The van der Waals surface area contributed by atoms with E-state index in [1.165, 1.54) is 33.5 Å². The van der Waals surface area contributed by atoms with Crippen LogP contribution in [0.5, 0.6) is 11.5 Å². The van der Waals surface area contributed by atoms with Gasteiger partial charge in [-0.1, -0.05) is 0 Å². The molecule has 1 aromatic rings. The number of hydrogen-bond donors (Lipinski definition) is 0. The van der Waals surface area contributed by atoms with E-state index in [4.69, 9.17) is 18.9 Å². The lowest BCUT2D eigenvalue weighted by Gasteiger charge is -2.14. The zero-order chi connectivity index (χ0) is 15.0. The van der Waals surface area contributed by atoms with Crippen LogP contribution in [0.15, 0.2) is 12.1 Å². The van der Waals surface area contributed by atoms with E-state index in [-0.39, 0.29) is 36.2 Å². The molecule has 0 bridgehead atoms. The molecular weight excluding hydrogens is 268 g/mol. The van der Waals surface area contributed by atoms with E-state index >= 15 is 0 Å². The van der Waals surface area contributed by atoms with Crippen molar-refractivity contribution in [1.82, 2.24) is 0 Å². The maximum Gasteiger partial charge on any atom is 0.338 e. The van der Waals surface area contributed by atoms with Gasteiger partial charge in [0.05, 0.1) is 18.2 Å². The number of esters is 1. The molecule has 7 heteroatoms. The van der Waals surface area contributed by atoms with Gasteiger partial charge in [-0.3, -0.25) is 4.79 Å². The van der Waals surface area contributed by atoms with Gasteiger partial charge >= 0.3 is 5.97 Å². The SMILES string of the molecule is COCOc1cc(C(=O)OC)cc(OCOC)c1C=O. The normalized spacial score (nSPS) is 9.95. The first-order chi connectivity index (χ1) is 9.67. The highest BCUT2D eigenvalue weighted by atomic mass is 16.7. The van der Waals surface area contributed by atoms with Crippen molar-refractivity contribution >= 4 is 12.3 Å². The highest BCUT2D eigenvalue weighted by Gasteiger charge is 2.17. The van der Waals surface area contributed by atoms with Crippen LogP contribution in [0.25, 0.3) is 0 Å². The quantitative estimate of drug-likeness (QED) is 0.403. The van der Waals surface area contributed by atoms with Gasteiger partial charge in [0.1, 0.15) is 11.5 Å². The summed E-state index contributed by atoms with van der Waals surface area (Å²) >= 11 is 0. The number of carbonyl (C=O) groups excluding carboxylic acids is 2. The van der Waals surface area contributed by atoms with E-state index in [0.29, 0.717) is 6.29 Å². The predicted molar refractivity (Wildman–Crippen MR) is 68.2 cm³/mol. The van der Waals surface area contributed by atoms with Crippen molar-refractivity contribution in [3.05, 3.63) is 23.3 Å². The van der Waals surface area contributed by atoms with Crippen molar-refractivity contribution in [2.45, 2.75) is 0 Å². The average Bonchev–Trinajstić information content (AvgIpc) is 2.49. The van der Waals surface area contributed by atoms with E-state index in [0.717, 1.165) is 0 Å². The Kier molecular flexibility index (Phi) is 6.48. The van der Waals surface area contributed by atoms with Crippen LogP contribution < -0.4 is 9.47 Å². The molecule has 0 spiro atoms. The third kappa shape index (κ3) is 3.94. The van der Waals surface area contributed by atoms with Gasteiger partial charge in [0, 0.05) is 14.2 Å². The number of rotatable bonds is 8. The van der Waals surface area contributed by atoms with Crippen LogP contribution in [0.1, 0.15) is 20.7 Å². The molecule has 1 aromatic carbocycles. The van der Waals surface area contributed by atoms with Gasteiger partial charge in [0.15, 0.2) is 19.9 Å². The molecule has 1 rings (SSSR count). The monoisotopic (exact) mass is 284 g/mol. The summed E-state index contributed by atoms with van der Waals surface area (Å²) in [6.07, 6.45) is 0.567. The lowest BCUT2D eigenvalue weighted by atomic mass is 10.1. The van der Waals surface area contributed by atoms with Crippen LogP contribution in [-0.4, -0.2) is 47.2 Å². The second kappa shape index (κ2) is 8.13. The van der Waals surface area contributed by atoms with Crippen LogP contribution in [-0.2, 0) is 14.2 Å². The molecule has 0 heterocycles.